The molecule has 6 nitrogen and oxygen atoms in total. The molecule has 1 aliphatic carbocycles. The quantitative estimate of drug-likeness (QED) is 0.750. The van der Waals surface area contributed by atoms with E-state index in [1.807, 2.05) is 17.6 Å². The molecule has 0 N–H and O–H groups in total. The Morgan fingerprint density at radius 1 is 1.14 bits per heavy atom. The summed E-state index contributed by atoms with van der Waals surface area (Å²) in [7, 11) is 0. The average molecular weight is 397 g/mol. The summed E-state index contributed by atoms with van der Waals surface area (Å²) in [6.07, 6.45) is 3.29. The Balaban J connectivity index is 1.41. The number of aromatic nitrogens is 1. The number of benzene rings is 1. The zero-order chi connectivity index (χ0) is 19.8. The van der Waals surface area contributed by atoms with Crippen molar-refractivity contribution in [3.05, 3.63) is 45.7 Å². The van der Waals surface area contributed by atoms with Gasteiger partial charge < -0.3 is 23.5 Å². The average Bonchev–Trinajstić information content (AvgIpc) is 3.58. The van der Waals surface area contributed by atoms with E-state index in [0.29, 0.717) is 38.7 Å². The lowest BCUT2D eigenvalue weighted by atomic mass is 9.94. The highest BCUT2D eigenvalue weighted by Crippen LogP contribution is 2.37. The smallest absolute Gasteiger partial charge is 0.254 e. The van der Waals surface area contributed by atoms with Gasteiger partial charge in [-0.2, -0.15) is 0 Å². The molecule has 3 aliphatic rings. The standard InChI is InChI=1S/C23H27NO5/c1-15-21(29-14-19-13-26-8-9-27-19)11-22(25)24-7-6-17-10-18(28-12-16-2-3-16)4-5-20(17)23(15)24/h4-5,10-11,16,19H,2-3,6-9,12-14H2,1H3. The van der Waals surface area contributed by atoms with Crippen molar-refractivity contribution in [2.24, 2.45) is 5.92 Å². The van der Waals surface area contributed by atoms with Crippen molar-refractivity contribution in [1.29, 1.82) is 0 Å². The largest absolute Gasteiger partial charge is 0.493 e. The van der Waals surface area contributed by atoms with Crippen LogP contribution in [0.25, 0.3) is 11.3 Å². The van der Waals surface area contributed by atoms with Crippen LogP contribution < -0.4 is 15.0 Å². The first kappa shape index (κ1) is 18.7. The number of pyridine rings is 1. The van der Waals surface area contributed by atoms with Crippen LogP contribution in [0.15, 0.2) is 29.1 Å². The summed E-state index contributed by atoms with van der Waals surface area (Å²) in [5.41, 5.74) is 4.22. The molecular formula is C23H27NO5. The van der Waals surface area contributed by atoms with Crippen molar-refractivity contribution in [2.75, 3.05) is 33.0 Å². The van der Waals surface area contributed by atoms with Crippen molar-refractivity contribution < 1.29 is 18.9 Å². The molecule has 3 heterocycles. The molecule has 2 fully saturated rings. The number of fused-ring (bicyclic) bond motifs is 3. The molecule has 0 bridgehead atoms. The second-order valence-electron chi connectivity index (χ2n) is 8.17. The Kier molecular flexibility index (Phi) is 5.06. The van der Waals surface area contributed by atoms with Gasteiger partial charge in [0.25, 0.3) is 5.56 Å². The third-order valence-corrected chi connectivity index (χ3v) is 5.94. The van der Waals surface area contributed by atoms with Gasteiger partial charge >= 0.3 is 0 Å². The van der Waals surface area contributed by atoms with Crippen molar-refractivity contribution in [3.8, 4) is 22.8 Å². The molecule has 1 saturated carbocycles. The van der Waals surface area contributed by atoms with E-state index in [1.165, 1.54) is 18.4 Å². The fourth-order valence-electron chi connectivity index (χ4n) is 4.09. The van der Waals surface area contributed by atoms with E-state index in [9.17, 15) is 4.79 Å². The monoisotopic (exact) mass is 397 g/mol. The molecule has 154 valence electrons. The lowest BCUT2D eigenvalue weighted by Gasteiger charge is -2.27. The van der Waals surface area contributed by atoms with Gasteiger partial charge in [-0.25, -0.2) is 0 Å². The highest BCUT2D eigenvalue weighted by Gasteiger charge is 2.25. The Hall–Kier alpha value is -2.31. The van der Waals surface area contributed by atoms with Crippen LogP contribution >= 0.6 is 0 Å². The van der Waals surface area contributed by atoms with Crippen molar-refractivity contribution in [1.82, 2.24) is 4.57 Å². The predicted octanol–water partition coefficient (Wildman–Crippen LogP) is 2.96. The summed E-state index contributed by atoms with van der Waals surface area (Å²) < 4.78 is 24.9. The number of aryl methyl sites for hydroxylation is 1. The minimum absolute atomic E-state index is 0.0267. The molecule has 1 unspecified atom stereocenters. The first-order chi connectivity index (χ1) is 14.2. The molecule has 1 aromatic heterocycles. The summed E-state index contributed by atoms with van der Waals surface area (Å²) in [5.74, 6) is 2.27. The maximum absolute atomic E-state index is 12.8. The molecule has 0 amide bonds. The fourth-order valence-corrected chi connectivity index (χ4v) is 4.09. The van der Waals surface area contributed by atoms with Crippen LogP contribution in [0.2, 0.25) is 0 Å². The molecule has 2 aromatic rings. The predicted molar refractivity (Wildman–Crippen MR) is 109 cm³/mol. The molecule has 6 heteroatoms. The highest BCUT2D eigenvalue weighted by atomic mass is 16.6. The maximum Gasteiger partial charge on any atom is 0.254 e. The zero-order valence-electron chi connectivity index (χ0n) is 16.8. The summed E-state index contributed by atoms with van der Waals surface area (Å²) in [6.45, 7) is 5.61. The summed E-state index contributed by atoms with van der Waals surface area (Å²) >= 11 is 0. The topological polar surface area (TPSA) is 58.9 Å². The summed E-state index contributed by atoms with van der Waals surface area (Å²) in [5, 5.41) is 0. The normalized spacial score (nSPS) is 20.7. The van der Waals surface area contributed by atoms with Crippen LogP contribution in [-0.4, -0.2) is 43.7 Å². The molecule has 0 radical (unpaired) electrons. The van der Waals surface area contributed by atoms with Gasteiger partial charge in [0.2, 0.25) is 0 Å². The molecule has 29 heavy (non-hydrogen) atoms. The van der Waals surface area contributed by atoms with Gasteiger partial charge in [-0.05, 0) is 55.9 Å². The first-order valence-corrected chi connectivity index (χ1v) is 10.5. The third-order valence-electron chi connectivity index (χ3n) is 5.94. The van der Waals surface area contributed by atoms with Gasteiger partial charge in [0.05, 0.1) is 32.1 Å². The van der Waals surface area contributed by atoms with Crippen molar-refractivity contribution >= 4 is 0 Å². The lowest BCUT2D eigenvalue weighted by molar-refractivity contribution is -0.101. The van der Waals surface area contributed by atoms with E-state index in [4.69, 9.17) is 18.9 Å². The molecule has 1 aromatic carbocycles. The summed E-state index contributed by atoms with van der Waals surface area (Å²) in [6, 6.07) is 7.82. The maximum atomic E-state index is 12.8. The minimum Gasteiger partial charge on any atom is -0.493 e. The Bertz CT molecular complexity index is 956. The Morgan fingerprint density at radius 3 is 2.83 bits per heavy atom. The number of nitrogens with zero attached hydrogens (tertiary/aromatic N) is 1. The molecule has 2 aliphatic heterocycles. The van der Waals surface area contributed by atoms with Crippen molar-refractivity contribution in [3.63, 3.8) is 0 Å². The van der Waals surface area contributed by atoms with Gasteiger partial charge in [0.1, 0.15) is 24.2 Å². The van der Waals surface area contributed by atoms with Crippen LogP contribution in [0.3, 0.4) is 0 Å². The Morgan fingerprint density at radius 2 is 2.03 bits per heavy atom. The van der Waals surface area contributed by atoms with Gasteiger partial charge in [-0.15, -0.1) is 0 Å². The molecule has 1 atom stereocenters. The number of hydrogen-bond donors (Lipinski definition) is 0. The zero-order valence-corrected chi connectivity index (χ0v) is 16.8. The minimum atomic E-state index is -0.0969. The molecular weight excluding hydrogens is 370 g/mol. The molecule has 1 saturated heterocycles. The van der Waals surface area contributed by atoms with Crippen molar-refractivity contribution in [2.45, 2.75) is 38.8 Å². The van der Waals surface area contributed by atoms with E-state index in [2.05, 4.69) is 12.1 Å². The van der Waals surface area contributed by atoms with Gasteiger partial charge in [-0.3, -0.25) is 4.79 Å². The van der Waals surface area contributed by atoms with E-state index >= 15 is 0 Å². The first-order valence-electron chi connectivity index (χ1n) is 10.5. The van der Waals surface area contributed by atoms with Gasteiger partial charge in [-0.1, -0.05) is 0 Å². The highest BCUT2D eigenvalue weighted by molar-refractivity contribution is 5.71. The Labute approximate surface area is 170 Å². The lowest BCUT2D eigenvalue weighted by Crippen LogP contribution is -2.34. The van der Waals surface area contributed by atoms with Gasteiger partial charge in [0, 0.05) is 23.7 Å². The second-order valence-corrected chi connectivity index (χ2v) is 8.17. The van der Waals surface area contributed by atoms with Crippen LogP contribution in [0.1, 0.15) is 24.0 Å². The van der Waals surface area contributed by atoms with Gasteiger partial charge in [0.15, 0.2) is 0 Å². The number of hydrogen-bond acceptors (Lipinski definition) is 5. The van der Waals surface area contributed by atoms with E-state index in [-0.39, 0.29) is 11.7 Å². The summed E-state index contributed by atoms with van der Waals surface area (Å²) in [4.78, 5) is 12.8. The van der Waals surface area contributed by atoms with Crippen LogP contribution in [0, 0.1) is 12.8 Å². The SMILES string of the molecule is Cc1c(OCC2COCCO2)cc(=O)n2c1-c1ccc(OCC3CC3)cc1CC2. The van der Waals surface area contributed by atoms with E-state index < -0.39 is 0 Å². The number of rotatable bonds is 6. The molecule has 5 rings (SSSR count). The van der Waals surface area contributed by atoms with E-state index in [1.54, 1.807) is 6.07 Å². The van der Waals surface area contributed by atoms with Crippen LogP contribution in [0.4, 0.5) is 0 Å². The van der Waals surface area contributed by atoms with E-state index in [0.717, 1.165) is 41.5 Å². The second kappa shape index (κ2) is 7.84. The number of ether oxygens (including phenoxy) is 4. The van der Waals surface area contributed by atoms with Crippen LogP contribution in [-0.2, 0) is 22.4 Å². The van der Waals surface area contributed by atoms with Crippen LogP contribution in [0.5, 0.6) is 11.5 Å². The molecule has 0 spiro atoms. The fraction of sp³-hybridized carbons (Fsp3) is 0.522. The third kappa shape index (κ3) is 3.91.